The van der Waals surface area contributed by atoms with E-state index in [9.17, 15) is 13.2 Å². The zero-order valence-electron chi connectivity index (χ0n) is 20.4. The van der Waals surface area contributed by atoms with Crippen LogP contribution in [0, 0.1) is 0 Å². The van der Waals surface area contributed by atoms with Crippen LogP contribution in [0.25, 0.3) is 22.6 Å². The maximum absolute atomic E-state index is 13.4. The van der Waals surface area contributed by atoms with Crippen molar-refractivity contribution < 1.29 is 13.2 Å². The third-order valence-corrected chi connectivity index (χ3v) is 6.83. The first kappa shape index (κ1) is 24.6. The molecule has 5 rings (SSSR count). The van der Waals surface area contributed by atoms with E-state index in [1.807, 2.05) is 13.8 Å². The molecule has 3 N–H and O–H groups in total. The van der Waals surface area contributed by atoms with Crippen molar-refractivity contribution >= 4 is 27.0 Å². The maximum Gasteiger partial charge on any atom is 0.295 e. The molecule has 0 aromatic carbocycles. The number of aromatic nitrogens is 7. The van der Waals surface area contributed by atoms with Crippen molar-refractivity contribution in [1.29, 1.82) is 0 Å². The lowest BCUT2D eigenvalue weighted by Crippen LogP contribution is -2.27. The number of nitrogens with two attached hydrogens (primary N) is 1. The lowest BCUT2D eigenvalue weighted by atomic mass is 10.1. The molecule has 4 aromatic rings. The summed E-state index contributed by atoms with van der Waals surface area (Å²) in [6.45, 7) is 3.89. The predicted octanol–water partition coefficient (Wildman–Crippen LogP) is 1.76. The summed E-state index contributed by atoms with van der Waals surface area (Å²) in [6, 6.07) is 2.63. The molecule has 1 aliphatic rings. The van der Waals surface area contributed by atoms with Crippen molar-refractivity contribution in [3.05, 3.63) is 52.6 Å². The Morgan fingerprint density at radius 2 is 1.92 bits per heavy atom. The second-order valence-corrected chi connectivity index (χ2v) is 10.5. The molecule has 0 spiro atoms. The monoisotopic (exact) mass is 523 g/mol. The Kier molecular flexibility index (Phi) is 6.29. The van der Waals surface area contributed by atoms with Gasteiger partial charge in [0.15, 0.2) is 17.3 Å². The summed E-state index contributed by atoms with van der Waals surface area (Å²) in [6.07, 6.45) is 6.24. The third-order valence-electron chi connectivity index (χ3n) is 5.93. The zero-order chi connectivity index (χ0) is 26.3. The number of pyridine rings is 1. The second kappa shape index (κ2) is 9.44. The molecule has 1 saturated carbocycles. The fourth-order valence-electron chi connectivity index (χ4n) is 3.99. The third kappa shape index (κ3) is 4.84. The van der Waals surface area contributed by atoms with Gasteiger partial charge in [-0.25, -0.2) is 38.5 Å². The lowest BCUT2D eigenvalue weighted by Gasteiger charge is -2.16. The van der Waals surface area contributed by atoms with E-state index in [0.29, 0.717) is 40.0 Å². The van der Waals surface area contributed by atoms with Crippen LogP contribution in [-0.2, 0) is 16.6 Å². The average Bonchev–Trinajstić information content (AvgIpc) is 3.72. The van der Waals surface area contributed by atoms with Crippen molar-refractivity contribution in [2.75, 3.05) is 12.4 Å². The molecule has 0 atom stereocenters. The van der Waals surface area contributed by atoms with Gasteiger partial charge in [0, 0.05) is 18.2 Å². The first-order valence-electron chi connectivity index (χ1n) is 11.6. The Bertz CT molecular complexity index is 1650. The van der Waals surface area contributed by atoms with Gasteiger partial charge in [0.1, 0.15) is 22.3 Å². The fraction of sp³-hybridized carbons (Fsp3) is 0.348. The molecule has 0 unspecified atom stereocenters. The highest BCUT2D eigenvalue weighted by molar-refractivity contribution is 7.89. The number of anilines is 1. The summed E-state index contributed by atoms with van der Waals surface area (Å²) >= 11 is 0. The van der Waals surface area contributed by atoms with Gasteiger partial charge in [-0.05, 0) is 38.8 Å². The molecule has 4 heterocycles. The Hall–Kier alpha value is -4.04. The molecule has 1 aliphatic carbocycles. The number of hydrogen-bond acceptors (Lipinski definition) is 11. The Balaban J connectivity index is 1.54. The molecule has 0 saturated heterocycles. The molecule has 1 fully saturated rings. The number of methoxy groups -OCH3 is 1. The standard InChI is InChI=1S/C23H25N9O4S/c1-12(2)32-21-16(10-27-19(31-21)17-18(13-4-5-13)28-11-29-22(17)36-3)30-20(23(32)33)26-8-14-6-7-15(9-25-14)37(24,34)35/h6-7,9-13H,4-5,8H2,1-3H3,(H,26,30)(H2,24,34,35). The molecule has 0 radical (unpaired) electrons. The van der Waals surface area contributed by atoms with E-state index in [4.69, 9.17) is 14.9 Å². The van der Waals surface area contributed by atoms with Crippen LogP contribution in [0.4, 0.5) is 5.82 Å². The van der Waals surface area contributed by atoms with Gasteiger partial charge in [0.05, 0.1) is 31.2 Å². The summed E-state index contributed by atoms with van der Waals surface area (Å²) < 4.78 is 29.9. The van der Waals surface area contributed by atoms with Crippen molar-refractivity contribution in [3.63, 3.8) is 0 Å². The first-order chi connectivity index (χ1) is 17.7. The van der Waals surface area contributed by atoms with Gasteiger partial charge in [-0.2, -0.15) is 0 Å². The number of hydrogen-bond donors (Lipinski definition) is 2. The smallest absolute Gasteiger partial charge is 0.295 e. The highest BCUT2D eigenvalue weighted by atomic mass is 32.2. The van der Waals surface area contributed by atoms with Crippen LogP contribution in [0.2, 0.25) is 0 Å². The molecular weight excluding hydrogens is 498 g/mol. The summed E-state index contributed by atoms with van der Waals surface area (Å²) in [4.78, 5) is 39.8. The van der Waals surface area contributed by atoms with Gasteiger partial charge in [-0.1, -0.05) is 0 Å². The summed E-state index contributed by atoms with van der Waals surface area (Å²) in [5.41, 5.74) is 2.37. The molecule has 4 aromatic heterocycles. The average molecular weight is 524 g/mol. The maximum atomic E-state index is 13.4. The van der Waals surface area contributed by atoms with Gasteiger partial charge < -0.3 is 10.1 Å². The fourth-order valence-corrected chi connectivity index (χ4v) is 4.44. The van der Waals surface area contributed by atoms with E-state index in [-0.39, 0.29) is 28.9 Å². The number of nitrogens with one attached hydrogen (secondary N) is 1. The minimum absolute atomic E-state index is 0.0918. The second-order valence-electron chi connectivity index (χ2n) is 8.93. The Morgan fingerprint density at radius 3 is 2.54 bits per heavy atom. The van der Waals surface area contributed by atoms with Crippen LogP contribution in [0.15, 0.2) is 40.5 Å². The van der Waals surface area contributed by atoms with E-state index in [1.165, 1.54) is 31.8 Å². The van der Waals surface area contributed by atoms with E-state index in [0.717, 1.165) is 18.5 Å². The normalized spacial score (nSPS) is 13.8. The number of ether oxygens (including phenoxy) is 1. The zero-order valence-corrected chi connectivity index (χ0v) is 21.2. The Labute approximate surface area is 212 Å². The summed E-state index contributed by atoms with van der Waals surface area (Å²) in [5, 5.41) is 8.10. The topological polar surface area (TPSA) is 181 Å². The number of rotatable bonds is 8. The van der Waals surface area contributed by atoms with E-state index < -0.39 is 10.0 Å². The molecule has 37 heavy (non-hydrogen) atoms. The van der Waals surface area contributed by atoms with Crippen LogP contribution >= 0.6 is 0 Å². The molecule has 192 valence electrons. The van der Waals surface area contributed by atoms with E-state index in [2.05, 4.69) is 30.2 Å². The quantitative estimate of drug-likeness (QED) is 0.343. The molecular formula is C23H25N9O4S. The minimum atomic E-state index is -3.84. The number of sulfonamides is 1. The Morgan fingerprint density at radius 1 is 1.14 bits per heavy atom. The van der Waals surface area contributed by atoms with Gasteiger partial charge in [-0.15, -0.1) is 0 Å². The van der Waals surface area contributed by atoms with Crippen LogP contribution in [0.5, 0.6) is 5.88 Å². The van der Waals surface area contributed by atoms with Gasteiger partial charge >= 0.3 is 0 Å². The summed E-state index contributed by atoms with van der Waals surface area (Å²) in [7, 11) is -2.31. The first-order valence-corrected chi connectivity index (χ1v) is 13.1. The van der Waals surface area contributed by atoms with Crippen molar-refractivity contribution in [2.45, 2.75) is 50.1 Å². The molecule has 0 aliphatic heterocycles. The highest BCUT2D eigenvalue weighted by Gasteiger charge is 2.31. The number of primary sulfonamides is 1. The van der Waals surface area contributed by atoms with Gasteiger partial charge in [-0.3, -0.25) is 14.3 Å². The minimum Gasteiger partial charge on any atom is -0.480 e. The lowest BCUT2D eigenvalue weighted by molar-refractivity contribution is 0.397. The van der Waals surface area contributed by atoms with Crippen molar-refractivity contribution in [1.82, 2.24) is 34.5 Å². The highest BCUT2D eigenvalue weighted by Crippen LogP contribution is 2.44. The molecule has 14 heteroatoms. The van der Waals surface area contributed by atoms with Gasteiger partial charge in [0.2, 0.25) is 15.9 Å². The summed E-state index contributed by atoms with van der Waals surface area (Å²) in [5.74, 6) is 1.13. The number of fused-ring (bicyclic) bond motifs is 1. The van der Waals surface area contributed by atoms with Crippen LogP contribution in [0.1, 0.15) is 50.0 Å². The SMILES string of the molecule is COc1ncnc(C2CC2)c1-c1ncc2nc(NCc3ccc(S(N)(=O)=O)cn3)c(=O)n(C(C)C)c2n1. The van der Waals surface area contributed by atoms with Crippen LogP contribution in [0.3, 0.4) is 0 Å². The van der Waals surface area contributed by atoms with Crippen LogP contribution < -0.4 is 20.8 Å². The van der Waals surface area contributed by atoms with Crippen LogP contribution in [-0.4, -0.2) is 50.0 Å². The van der Waals surface area contributed by atoms with Crippen molar-refractivity contribution in [2.24, 2.45) is 5.14 Å². The molecule has 0 amide bonds. The molecule has 13 nitrogen and oxygen atoms in total. The number of nitrogens with zero attached hydrogens (tertiary/aromatic N) is 7. The van der Waals surface area contributed by atoms with Gasteiger partial charge in [0.25, 0.3) is 5.56 Å². The van der Waals surface area contributed by atoms with Crippen molar-refractivity contribution in [3.8, 4) is 17.3 Å². The largest absolute Gasteiger partial charge is 0.480 e. The van der Waals surface area contributed by atoms with E-state index in [1.54, 1.807) is 10.8 Å². The molecule has 0 bridgehead atoms. The van der Waals surface area contributed by atoms with E-state index >= 15 is 0 Å². The predicted molar refractivity (Wildman–Crippen MR) is 134 cm³/mol.